The maximum absolute atomic E-state index is 11.7. The number of hydrogen-bond donors (Lipinski definition) is 1. The predicted molar refractivity (Wildman–Crippen MR) is 88.7 cm³/mol. The van der Waals surface area contributed by atoms with Crippen molar-refractivity contribution >= 4 is 35.2 Å². The van der Waals surface area contributed by atoms with E-state index >= 15 is 0 Å². The third kappa shape index (κ3) is 5.62. The summed E-state index contributed by atoms with van der Waals surface area (Å²) in [5.74, 6) is -0.119. The van der Waals surface area contributed by atoms with E-state index in [0.717, 1.165) is 17.5 Å². The van der Waals surface area contributed by atoms with Crippen molar-refractivity contribution in [2.45, 2.75) is 6.42 Å². The van der Waals surface area contributed by atoms with Gasteiger partial charge in [-0.15, -0.1) is 0 Å². The molecule has 0 radical (unpaired) electrons. The first-order valence-electron chi connectivity index (χ1n) is 6.59. The van der Waals surface area contributed by atoms with Gasteiger partial charge in [0.15, 0.2) is 0 Å². The molecule has 21 heavy (non-hydrogen) atoms. The van der Waals surface area contributed by atoms with Crippen LogP contribution >= 0.6 is 23.2 Å². The van der Waals surface area contributed by atoms with Crippen molar-refractivity contribution in [3.63, 3.8) is 0 Å². The van der Waals surface area contributed by atoms with Crippen LogP contribution in [0.25, 0.3) is 6.08 Å². The predicted octanol–water partition coefficient (Wildman–Crippen LogP) is 4.37. The van der Waals surface area contributed by atoms with Crippen molar-refractivity contribution in [1.82, 2.24) is 5.32 Å². The SMILES string of the molecule is O=C(C=Cc1ccc(Cl)cc1)NCCc1cccc(Cl)c1. The minimum absolute atomic E-state index is 0.119. The van der Waals surface area contributed by atoms with Gasteiger partial charge in [-0.1, -0.05) is 47.5 Å². The Morgan fingerprint density at radius 3 is 2.52 bits per heavy atom. The van der Waals surface area contributed by atoms with E-state index in [-0.39, 0.29) is 5.91 Å². The lowest BCUT2D eigenvalue weighted by molar-refractivity contribution is -0.116. The maximum Gasteiger partial charge on any atom is 0.244 e. The van der Waals surface area contributed by atoms with Crippen LogP contribution in [0.4, 0.5) is 0 Å². The molecule has 2 aromatic rings. The molecule has 0 unspecified atom stereocenters. The van der Waals surface area contributed by atoms with Gasteiger partial charge < -0.3 is 5.32 Å². The highest BCUT2D eigenvalue weighted by molar-refractivity contribution is 6.30. The van der Waals surface area contributed by atoms with Gasteiger partial charge in [0.1, 0.15) is 0 Å². The van der Waals surface area contributed by atoms with Crippen LogP contribution in [0.2, 0.25) is 10.0 Å². The standard InChI is InChI=1S/C17H15Cl2NO/c18-15-7-4-13(5-8-15)6-9-17(21)20-11-10-14-2-1-3-16(19)12-14/h1-9,12H,10-11H2,(H,20,21). The minimum atomic E-state index is -0.119. The van der Waals surface area contributed by atoms with Crippen LogP contribution in [0.3, 0.4) is 0 Å². The molecule has 2 aromatic carbocycles. The van der Waals surface area contributed by atoms with E-state index < -0.39 is 0 Å². The lowest BCUT2D eigenvalue weighted by Crippen LogP contribution is -2.23. The van der Waals surface area contributed by atoms with Crippen LogP contribution in [0.15, 0.2) is 54.6 Å². The van der Waals surface area contributed by atoms with Crippen molar-refractivity contribution in [2.24, 2.45) is 0 Å². The topological polar surface area (TPSA) is 29.1 Å². The Labute approximate surface area is 134 Å². The Morgan fingerprint density at radius 2 is 1.81 bits per heavy atom. The molecule has 2 rings (SSSR count). The van der Waals surface area contributed by atoms with Crippen LogP contribution in [-0.4, -0.2) is 12.5 Å². The van der Waals surface area contributed by atoms with E-state index in [0.29, 0.717) is 16.6 Å². The summed E-state index contributed by atoms with van der Waals surface area (Å²) in [4.78, 5) is 11.7. The third-order valence-corrected chi connectivity index (χ3v) is 3.39. The fourth-order valence-electron chi connectivity index (χ4n) is 1.83. The average Bonchev–Trinajstić information content (AvgIpc) is 2.47. The van der Waals surface area contributed by atoms with Gasteiger partial charge in [0.25, 0.3) is 0 Å². The Hall–Kier alpha value is -1.77. The van der Waals surface area contributed by atoms with E-state index in [1.54, 1.807) is 18.2 Å². The highest BCUT2D eigenvalue weighted by Crippen LogP contribution is 2.11. The number of hydrogen-bond acceptors (Lipinski definition) is 1. The molecule has 0 saturated heterocycles. The first-order valence-corrected chi connectivity index (χ1v) is 7.35. The molecule has 2 nitrogen and oxygen atoms in total. The summed E-state index contributed by atoms with van der Waals surface area (Å²) < 4.78 is 0. The summed E-state index contributed by atoms with van der Waals surface area (Å²) in [5.41, 5.74) is 2.04. The van der Waals surface area contributed by atoms with Crippen LogP contribution in [-0.2, 0) is 11.2 Å². The normalized spacial score (nSPS) is 10.8. The molecule has 1 amide bonds. The number of halogens is 2. The van der Waals surface area contributed by atoms with E-state index in [2.05, 4.69) is 5.32 Å². The summed E-state index contributed by atoms with van der Waals surface area (Å²) in [5, 5.41) is 4.23. The molecule has 4 heteroatoms. The second-order valence-electron chi connectivity index (χ2n) is 4.56. The molecule has 0 atom stereocenters. The van der Waals surface area contributed by atoms with Crippen molar-refractivity contribution in [1.29, 1.82) is 0 Å². The number of amides is 1. The van der Waals surface area contributed by atoms with Crippen molar-refractivity contribution in [3.05, 3.63) is 75.8 Å². The van der Waals surface area contributed by atoms with E-state index in [1.807, 2.05) is 36.4 Å². The first-order chi connectivity index (χ1) is 10.1. The Morgan fingerprint density at radius 1 is 1.05 bits per heavy atom. The van der Waals surface area contributed by atoms with Gasteiger partial charge in [-0.2, -0.15) is 0 Å². The summed E-state index contributed by atoms with van der Waals surface area (Å²) in [7, 11) is 0. The van der Waals surface area contributed by atoms with Gasteiger partial charge in [0.05, 0.1) is 0 Å². The van der Waals surface area contributed by atoms with Crippen molar-refractivity contribution < 1.29 is 4.79 Å². The summed E-state index contributed by atoms with van der Waals surface area (Å²) in [6, 6.07) is 14.9. The molecular weight excluding hydrogens is 305 g/mol. The second-order valence-corrected chi connectivity index (χ2v) is 5.43. The average molecular weight is 320 g/mol. The number of nitrogens with one attached hydrogen (secondary N) is 1. The molecule has 1 N–H and O–H groups in total. The Balaban J connectivity index is 1.78. The van der Waals surface area contributed by atoms with Crippen LogP contribution in [0.5, 0.6) is 0 Å². The quantitative estimate of drug-likeness (QED) is 0.815. The van der Waals surface area contributed by atoms with Crippen molar-refractivity contribution in [3.8, 4) is 0 Å². The highest BCUT2D eigenvalue weighted by Gasteiger charge is 1.97. The summed E-state index contributed by atoms with van der Waals surface area (Å²) in [6.45, 7) is 0.574. The zero-order chi connectivity index (χ0) is 15.1. The van der Waals surface area contributed by atoms with E-state index in [1.165, 1.54) is 6.08 Å². The fourth-order valence-corrected chi connectivity index (χ4v) is 2.17. The van der Waals surface area contributed by atoms with Crippen LogP contribution < -0.4 is 5.32 Å². The molecule has 0 aliphatic heterocycles. The summed E-state index contributed by atoms with van der Waals surface area (Å²) in [6.07, 6.45) is 4.02. The number of rotatable bonds is 5. The molecule has 0 saturated carbocycles. The highest BCUT2D eigenvalue weighted by atomic mass is 35.5. The molecule has 0 aliphatic rings. The smallest absolute Gasteiger partial charge is 0.244 e. The largest absolute Gasteiger partial charge is 0.352 e. The van der Waals surface area contributed by atoms with Crippen LogP contribution in [0, 0.1) is 0 Å². The van der Waals surface area contributed by atoms with Gasteiger partial charge in [-0.25, -0.2) is 0 Å². The molecular formula is C17H15Cl2NO. The molecule has 0 spiro atoms. The molecule has 0 aromatic heterocycles. The van der Waals surface area contributed by atoms with Gasteiger partial charge in [-0.05, 0) is 47.9 Å². The monoisotopic (exact) mass is 319 g/mol. The van der Waals surface area contributed by atoms with Gasteiger partial charge >= 0.3 is 0 Å². The second kappa shape index (κ2) is 7.87. The maximum atomic E-state index is 11.7. The van der Waals surface area contributed by atoms with E-state index in [9.17, 15) is 4.79 Å². The van der Waals surface area contributed by atoms with Gasteiger partial charge in [0, 0.05) is 22.7 Å². The molecule has 0 aliphatic carbocycles. The zero-order valence-corrected chi connectivity index (χ0v) is 12.9. The fraction of sp³-hybridized carbons (Fsp3) is 0.118. The lowest BCUT2D eigenvalue weighted by atomic mass is 10.1. The zero-order valence-electron chi connectivity index (χ0n) is 11.4. The molecule has 108 valence electrons. The van der Waals surface area contributed by atoms with Crippen molar-refractivity contribution in [2.75, 3.05) is 6.54 Å². The number of benzene rings is 2. The molecule has 0 fully saturated rings. The lowest BCUT2D eigenvalue weighted by Gasteiger charge is -2.03. The van der Waals surface area contributed by atoms with E-state index in [4.69, 9.17) is 23.2 Å². The first kappa shape index (κ1) is 15.6. The Bertz CT molecular complexity index is 635. The number of carbonyl (C=O) groups excluding carboxylic acids is 1. The van der Waals surface area contributed by atoms with Crippen LogP contribution in [0.1, 0.15) is 11.1 Å². The summed E-state index contributed by atoms with van der Waals surface area (Å²) >= 11 is 11.7. The number of carbonyl (C=O) groups is 1. The van der Waals surface area contributed by atoms with Gasteiger partial charge in [-0.3, -0.25) is 4.79 Å². The van der Waals surface area contributed by atoms with Gasteiger partial charge in [0.2, 0.25) is 5.91 Å². The third-order valence-electron chi connectivity index (χ3n) is 2.90. The Kier molecular flexibility index (Phi) is 5.85. The molecule has 0 heterocycles. The minimum Gasteiger partial charge on any atom is -0.352 e. The molecule has 0 bridgehead atoms.